The molecule has 14 heteroatoms. The molecule has 6 N–H and O–H groups in total. The number of hydrogen-bond donors (Lipinski definition) is 6. The summed E-state index contributed by atoms with van der Waals surface area (Å²) >= 11 is 0. The number of esters is 2. The lowest BCUT2D eigenvalue weighted by atomic mass is 9.85. The highest BCUT2D eigenvalue weighted by Gasteiger charge is 2.51. The van der Waals surface area contributed by atoms with E-state index in [0.717, 1.165) is 70.6 Å². The van der Waals surface area contributed by atoms with E-state index in [9.17, 15) is 44.6 Å². The summed E-state index contributed by atoms with van der Waals surface area (Å²) < 4.78 is 33.5. The number of rotatable bonds is 39. The zero-order valence-corrected chi connectivity index (χ0v) is 38.2. The van der Waals surface area contributed by atoms with Crippen LogP contribution in [0.2, 0.25) is 0 Å². The van der Waals surface area contributed by atoms with Crippen LogP contribution in [0.25, 0.3) is 0 Å². The number of phosphoric acid groups is 1. The molecule has 1 aliphatic rings. The summed E-state index contributed by atoms with van der Waals surface area (Å²) in [5, 5.41) is 50.1. The van der Waals surface area contributed by atoms with Crippen LogP contribution in [0.4, 0.5) is 0 Å². The first-order valence-corrected chi connectivity index (χ1v) is 25.1. The molecule has 0 bridgehead atoms. The summed E-state index contributed by atoms with van der Waals surface area (Å²) in [6.07, 6.45) is 26.5. The third-order valence-electron chi connectivity index (χ3n) is 11.0. The molecule has 0 aromatic rings. The molecule has 1 fully saturated rings. The van der Waals surface area contributed by atoms with Crippen molar-refractivity contribution in [3.63, 3.8) is 0 Å². The van der Waals surface area contributed by atoms with Gasteiger partial charge in [-0.3, -0.25) is 18.6 Å². The summed E-state index contributed by atoms with van der Waals surface area (Å²) in [5.41, 5.74) is 0. The van der Waals surface area contributed by atoms with Crippen molar-refractivity contribution in [2.24, 2.45) is 0 Å². The van der Waals surface area contributed by atoms with Crippen LogP contribution in [0.3, 0.4) is 0 Å². The lowest BCUT2D eigenvalue weighted by Crippen LogP contribution is -2.64. The first-order chi connectivity index (χ1) is 28.9. The molecule has 0 aliphatic heterocycles. The van der Waals surface area contributed by atoms with Gasteiger partial charge in [0.2, 0.25) is 0 Å². The van der Waals surface area contributed by atoms with E-state index in [-0.39, 0.29) is 12.8 Å². The second-order valence-corrected chi connectivity index (χ2v) is 18.0. The average Bonchev–Trinajstić information content (AvgIpc) is 3.23. The van der Waals surface area contributed by atoms with E-state index in [0.29, 0.717) is 12.8 Å². The van der Waals surface area contributed by atoms with Crippen molar-refractivity contribution in [2.75, 3.05) is 13.2 Å². The summed E-state index contributed by atoms with van der Waals surface area (Å²) in [4.78, 5) is 35.7. The lowest BCUT2D eigenvalue weighted by molar-refractivity contribution is -0.220. The first kappa shape index (κ1) is 56.3. The van der Waals surface area contributed by atoms with E-state index < -0.39 is 75.7 Å². The van der Waals surface area contributed by atoms with Crippen molar-refractivity contribution in [1.82, 2.24) is 0 Å². The Morgan fingerprint density at radius 1 is 0.517 bits per heavy atom. The zero-order chi connectivity index (χ0) is 44.3. The van der Waals surface area contributed by atoms with Crippen molar-refractivity contribution < 1.29 is 63.1 Å². The maximum absolute atomic E-state index is 12.8. The SMILES string of the molecule is CCCCC/C=C\C/C=C\CCCCCCCCCC(=O)OC[C@H](COP(=O)(O)OC1C(O)C(O)C(O)[C@@H](O)C1O)OC(=O)CCCCCCCCCCCCCCCC. The number of unbranched alkanes of at least 4 members (excludes halogenated alkanes) is 23. The van der Waals surface area contributed by atoms with Gasteiger partial charge < -0.3 is 39.9 Å². The normalized spacial score (nSPS) is 22.3. The van der Waals surface area contributed by atoms with Gasteiger partial charge in [0.25, 0.3) is 0 Å². The van der Waals surface area contributed by atoms with Crippen molar-refractivity contribution in [2.45, 2.75) is 243 Å². The van der Waals surface area contributed by atoms with Gasteiger partial charge >= 0.3 is 19.8 Å². The quantitative estimate of drug-likeness (QED) is 0.0147. The summed E-state index contributed by atoms with van der Waals surface area (Å²) in [5.74, 6) is -1.10. The standard InChI is InChI=1S/C46H85O13P/c1-3-5-7-9-11-13-15-17-19-20-21-23-24-26-28-30-32-34-39(47)56-36-38(37-57-60(54,55)59-46-44(52)42(50)41(49)43(51)45(46)53)58-40(48)35-33-31-29-27-25-22-18-16-14-12-10-8-6-4-2/h11,13,17,19,38,41-46,49-53H,3-10,12,14-16,18,20-37H2,1-2H3,(H,54,55)/b13-11-,19-17-/t38-,41?,42-,43?,44?,45?,46?/m1/s1. The van der Waals surface area contributed by atoms with E-state index in [1.807, 2.05) is 0 Å². The maximum atomic E-state index is 12.8. The minimum Gasteiger partial charge on any atom is -0.462 e. The lowest BCUT2D eigenvalue weighted by Gasteiger charge is -2.41. The molecule has 352 valence electrons. The molecule has 8 atom stereocenters. The highest BCUT2D eigenvalue weighted by atomic mass is 31.2. The molecule has 0 aromatic heterocycles. The van der Waals surface area contributed by atoms with E-state index in [4.69, 9.17) is 18.5 Å². The second kappa shape index (κ2) is 36.8. The summed E-state index contributed by atoms with van der Waals surface area (Å²) in [6, 6.07) is 0. The fraction of sp³-hybridized carbons (Fsp3) is 0.870. The van der Waals surface area contributed by atoms with Crippen molar-refractivity contribution in [3.8, 4) is 0 Å². The van der Waals surface area contributed by atoms with Crippen LogP contribution < -0.4 is 0 Å². The van der Waals surface area contributed by atoms with Crippen molar-refractivity contribution in [3.05, 3.63) is 24.3 Å². The predicted octanol–water partition coefficient (Wildman–Crippen LogP) is 9.23. The van der Waals surface area contributed by atoms with E-state index >= 15 is 0 Å². The topological polar surface area (TPSA) is 210 Å². The molecule has 0 aromatic carbocycles. The average molecular weight is 877 g/mol. The van der Waals surface area contributed by atoms with Crippen molar-refractivity contribution >= 4 is 19.8 Å². The number of carbonyl (C=O) groups excluding carboxylic acids is 2. The monoisotopic (exact) mass is 877 g/mol. The summed E-state index contributed by atoms with van der Waals surface area (Å²) in [6.45, 7) is 3.28. The predicted molar refractivity (Wildman–Crippen MR) is 235 cm³/mol. The molecule has 0 heterocycles. The third-order valence-corrected chi connectivity index (χ3v) is 12.0. The minimum atomic E-state index is -5.12. The van der Waals surface area contributed by atoms with Gasteiger partial charge in [-0.2, -0.15) is 0 Å². The Balaban J connectivity index is 2.44. The van der Waals surface area contributed by atoms with Gasteiger partial charge in [0, 0.05) is 12.8 Å². The Morgan fingerprint density at radius 3 is 1.38 bits per heavy atom. The maximum Gasteiger partial charge on any atom is 0.472 e. The fourth-order valence-corrected chi connectivity index (χ4v) is 8.17. The van der Waals surface area contributed by atoms with Crippen molar-refractivity contribution in [1.29, 1.82) is 0 Å². The van der Waals surface area contributed by atoms with E-state index in [1.165, 1.54) is 89.9 Å². The van der Waals surface area contributed by atoms with Crippen LogP contribution in [0.1, 0.15) is 200 Å². The zero-order valence-electron chi connectivity index (χ0n) is 37.3. The molecule has 1 aliphatic carbocycles. The van der Waals surface area contributed by atoms with Crippen LogP contribution >= 0.6 is 7.82 Å². The Labute approximate surface area is 362 Å². The van der Waals surface area contributed by atoms with Crippen LogP contribution in [0.5, 0.6) is 0 Å². The largest absolute Gasteiger partial charge is 0.472 e. The molecule has 1 rings (SSSR count). The molecule has 1 saturated carbocycles. The smallest absolute Gasteiger partial charge is 0.462 e. The van der Waals surface area contributed by atoms with Gasteiger partial charge in [0.05, 0.1) is 6.61 Å². The highest BCUT2D eigenvalue weighted by molar-refractivity contribution is 7.47. The number of allylic oxidation sites excluding steroid dienone is 4. The molecule has 0 saturated heterocycles. The van der Waals surface area contributed by atoms with Gasteiger partial charge in [-0.05, 0) is 44.9 Å². The molecular formula is C46H85O13P. The Morgan fingerprint density at radius 2 is 0.900 bits per heavy atom. The molecule has 6 unspecified atom stereocenters. The Bertz CT molecular complexity index is 1150. The summed E-state index contributed by atoms with van der Waals surface area (Å²) in [7, 11) is -5.12. The van der Waals surface area contributed by atoms with Gasteiger partial charge in [0.15, 0.2) is 6.10 Å². The second-order valence-electron chi connectivity index (χ2n) is 16.6. The van der Waals surface area contributed by atoms with Gasteiger partial charge in [0.1, 0.15) is 43.2 Å². The van der Waals surface area contributed by atoms with Crippen LogP contribution in [0, 0.1) is 0 Å². The number of aliphatic hydroxyl groups is 5. The molecule has 0 radical (unpaired) electrons. The Kier molecular flexibility index (Phi) is 34.5. The van der Waals surface area contributed by atoms with Crippen LogP contribution in [0.15, 0.2) is 24.3 Å². The fourth-order valence-electron chi connectivity index (χ4n) is 7.20. The number of carbonyl (C=O) groups is 2. The van der Waals surface area contributed by atoms with E-state index in [1.54, 1.807) is 0 Å². The Hall–Kier alpha value is -1.67. The molecule has 60 heavy (non-hydrogen) atoms. The van der Waals surface area contributed by atoms with Gasteiger partial charge in [-0.1, -0.05) is 167 Å². The minimum absolute atomic E-state index is 0.0991. The molecule has 0 amide bonds. The number of ether oxygens (including phenoxy) is 2. The molecule has 13 nitrogen and oxygen atoms in total. The highest BCUT2D eigenvalue weighted by Crippen LogP contribution is 2.47. The van der Waals surface area contributed by atoms with Gasteiger partial charge in [-0.25, -0.2) is 4.57 Å². The van der Waals surface area contributed by atoms with Gasteiger partial charge in [-0.15, -0.1) is 0 Å². The van der Waals surface area contributed by atoms with Crippen LogP contribution in [-0.2, 0) is 32.7 Å². The van der Waals surface area contributed by atoms with E-state index in [2.05, 4.69) is 38.2 Å². The number of phosphoric ester groups is 1. The third kappa shape index (κ3) is 28.8. The van der Waals surface area contributed by atoms with Crippen LogP contribution in [-0.4, -0.2) is 98.3 Å². The number of aliphatic hydroxyl groups excluding tert-OH is 5. The molecular weight excluding hydrogens is 791 g/mol. The first-order valence-electron chi connectivity index (χ1n) is 23.6. The molecule has 0 spiro atoms. The number of hydrogen-bond acceptors (Lipinski definition) is 12.